The SMILES string of the molecule is O=C(Nc1cccc(Cl)c1)[C@H]1CC=CC2CCN(CC3CCCCC3)C(=O)C21. The molecular formula is C23H29ClN2O2. The van der Waals surface area contributed by atoms with Crippen LogP contribution in [-0.4, -0.2) is 29.8 Å². The van der Waals surface area contributed by atoms with Gasteiger partial charge in [-0.15, -0.1) is 0 Å². The molecule has 4 nitrogen and oxygen atoms in total. The summed E-state index contributed by atoms with van der Waals surface area (Å²) in [5.74, 6) is 0.371. The van der Waals surface area contributed by atoms with Gasteiger partial charge in [0.1, 0.15) is 0 Å². The van der Waals surface area contributed by atoms with E-state index in [1.807, 2.05) is 12.1 Å². The van der Waals surface area contributed by atoms with E-state index in [0.29, 0.717) is 23.0 Å². The number of rotatable bonds is 4. The van der Waals surface area contributed by atoms with Gasteiger partial charge in [0.2, 0.25) is 11.8 Å². The number of halogens is 1. The van der Waals surface area contributed by atoms with Gasteiger partial charge in [-0.2, -0.15) is 0 Å². The topological polar surface area (TPSA) is 49.4 Å². The van der Waals surface area contributed by atoms with E-state index in [1.165, 1.54) is 32.1 Å². The van der Waals surface area contributed by atoms with E-state index >= 15 is 0 Å². The first kappa shape index (κ1) is 19.5. The molecule has 150 valence electrons. The number of anilines is 1. The summed E-state index contributed by atoms with van der Waals surface area (Å²) in [6, 6.07) is 7.18. The molecule has 2 amide bonds. The number of nitrogens with one attached hydrogen (secondary N) is 1. The number of nitrogens with zero attached hydrogens (tertiary/aromatic N) is 1. The first-order valence-corrected chi connectivity index (χ1v) is 11.0. The molecule has 0 aromatic heterocycles. The van der Waals surface area contributed by atoms with Crippen LogP contribution in [0, 0.1) is 23.7 Å². The maximum atomic E-state index is 13.3. The zero-order valence-electron chi connectivity index (χ0n) is 16.3. The maximum absolute atomic E-state index is 13.3. The molecule has 3 aliphatic rings. The Kier molecular flexibility index (Phi) is 6.05. The molecule has 28 heavy (non-hydrogen) atoms. The molecule has 0 bridgehead atoms. The van der Waals surface area contributed by atoms with E-state index in [1.54, 1.807) is 12.1 Å². The zero-order valence-corrected chi connectivity index (χ0v) is 17.0. The maximum Gasteiger partial charge on any atom is 0.228 e. The Morgan fingerprint density at radius 3 is 2.79 bits per heavy atom. The van der Waals surface area contributed by atoms with Gasteiger partial charge >= 0.3 is 0 Å². The third-order valence-electron chi connectivity index (χ3n) is 6.63. The normalized spacial score (nSPS) is 28.1. The van der Waals surface area contributed by atoms with Crippen molar-refractivity contribution in [2.45, 2.75) is 44.9 Å². The van der Waals surface area contributed by atoms with Gasteiger partial charge in [0.05, 0.1) is 11.8 Å². The number of allylic oxidation sites excluding steroid dienone is 2. The molecule has 1 saturated carbocycles. The van der Waals surface area contributed by atoms with Gasteiger partial charge < -0.3 is 10.2 Å². The van der Waals surface area contributed by atoms with Gasteiger partial charge in [-0.1, -0.05) is 49.1 Å². The van der Waals surface area contributed by atoms with Crippen molar-refractivity contribution in [2.24, 2.45) is 23.7 Å². The summed E-state index contributed by atoms with van der Waals surface area (Å²) in [5.41, 5.74) is 0.686. The molecule has 1 aromatic carbocycles. The number of hydrogen-bond donors (Lipinski definition) is 1. The van der Waals surface area contributed by atoms with Crippen LogP contribution in [-0.2, 0) is 9.59 Å². The second-order valence-electron chi connectivity index (χ2n) is 8.54. The second-order valence-corrected chi connectivity index (χ2v) is 8.97. The van der Waals surface area contributed by atoms with Gasteiger partial charge in [-0.3, -0.25) is 9.59 Å². The molecule has 1 aliphatic heterocycles. The quantitative estimate of drug-likeness (QED) is 0.731. The minimum Gasteiger partial charge on any atom is -0.342 e. The highest BCUT2D eigenvalue weighted by Gasteiger charge is 2.44. The Balaban J connectivity index is 1.46. The number of piperidine rings is 1. The van der Waals surface area contributed by atoms with E-state index < -0.39 is 0 Å². The molecule has 1 heterocycles. The van der Waals surface area contributed by atoms with Crippen LogP contribution < -0.4 is 5.32 Å². The van der Waals surface area contributed by atoms with Gasteiger partial charge in [-0.25, -0.2) is 0 Å². The first-order valence-electron chi connectivity index (χ1n) is 10.6. The van der Waals surface area contributed by atoms with Crippen molar-refractivity contribution < 1.29 is 9.59 Å². The minimum atomic E-state index is -0.310. The molecule has 4 rings (SSSR count). The number of carbonyl (C=O) groups is 2. The fourth-order valence-electron chi connectivity index (χ4n) is 5.16. The lowest BCUT2D eigenvalue weighted by molar-refractivity contribution is -0.147. The molecule has 1 aromatic rings. The molecule has 0 spiro atoms. The highest BCUT2D eigenvalue weighted by atomic mass is 35.5. The van der Waals surface area contributed by atoms with Crippen LogP contribution in [0.4, 0.5) is 5.69 Å². The molecule has 1 N–H and O–H groups in total. The molecule has 0 radical (unpaired) electrons. The fourth-order valence-corrected chi connectivity index (χ4v) is 5.35. The lowest BCUT2D eigenvalue weighted by Gasteiger charge is -2.43. The summed E-state index contributed by atoms with van der Waals surface area (Å²) in [6.45, 7) is 1.69. The summed E-state index contributed by atoms with van der Waals surface area (Å²) in [7, 11) is 0. The Hall–Kier alpha value is -1.81. The van der Waals surface area contributed by atoms with Crippen molar-refractivity contribution in [3.8, 4) is 0 Å². The fraction of sp³-hybridized carbons (Fsp3) is 0.565. The van der Waals surface area contributed by atoms with Crippen LogP contribution in [0.2, 0.25) is 5.02 Å². The minimum absolute atomic E-state index is 0.0746. The number of amides is 2. The zero-order chi connectivity index (χ0) is 19.5. The summed E-state index contributed by atoms with van der Waals surface area (Å²) in [5, 5.41) is 3.56. The molecule has 2 aliphatic carbocycles. The Morgan fingerprint density at radius 1 is 1.18 bits per heavy atom. The summed E-state index contributed by atoms with van der Waals surface area (Å²) >= 11 is 6.04. The summed E-state index contributed by atoms with van der Waals surface area (Å²) < 4.78 is 0. The van der Waals surface area contributed by atoms with Crippen molar-refractivity contribution in [2.75, 3.05) is 18.4 Å². The van der Waals surface area contributed by atoms with E-state index in [0.717, 1.165) is 19.5 Å². The molecular weight excluding hydrogens is 372 g/mol. The number of hydrogen-bond acceptors (Lipinski definition) is 2. The van der Waals surface area contributed by atoms with Crippen molar-refractivity contribution in [1.29, 1.82) is 0 Å². The second kappa shape index (κ2) is 8.69. The molecule has 1 saturated heterocycles. The number of likely N-dealkylation sites (tertiary alicyclic amines) is 1. The smallest absolute Gasteiger partial charge is 0.228 e. The molecule has 3 atom stereocenters. The van der Waals surface area contributed by atoms with Gasteiger partial charge in [-0.05, 0) is 55.7 Å². The Labute approximate surface area is 172 Å². The number of fused-ring (bicyclic) bond motifs is 1. The van der Waals surface area contributed by atoms with Gasteiger partial charge in [0, 0.05) is 23.8 Å². The lowest BCUT2D eigenvalue weighted by atomic mass is 9.71. The summed E-state index contributed by atoms with van der Waals surface area (Å²) in [6.07, 6.45) is 12.2. The van der Waals surface area contributed by atoms with E-state index in [4.69, 9.17) is 11.6 Å². The van der Waals surface area contributed by atoms with Crippen molar-refractivity contribution in [3.63, 3.8) is 0 Å². The van der Waals surface area contributed by atoms with Crippen molar-refractivity contribution in [1.82, 2.24) is 4.90 Å². The molecule has 5 heteroatoms. The number of benzene rings is 1. The van der Waals surface area contributed by atoms with Crippen LogP contribution in [0.5, 0.6) is 0 Å². The predicted octanol–water partition coefficient (Wildman–Crippen LogP) is 4.90. The third-order valence-corrected chi connectivity index (χ3v) is 6.86. The monoisotopic (exact) mass is 400 g/mol. The number of carbonyl (C=O) groups excluding carboxylic acids is 2. The first-order chi connectivity index (χ1) is 13.6. The van der Waals surface area contributed by atoms with Crippen LogP contribution >= 0.6 is 11.6 Å². The van der Waals surface area contributed by atoms with Crippen molar-refractivity contribution in [3.05, 3.63) is 41.4 Å². The van der Waals surface area contributed by atoms with Crippen LogP contribution in [0.15, 0.2) is 36.4 Å². The van der Waals surface area contributed by atoms with E-state index in [9.17, 15) is 9.59 Å². The average molecular weight is 401 g/mol. The van der Waals surface area contributed by atoms with Crippen LogP contribution in [0.3, 0.4) is 0 Å². The Morgan fingerprint density at radius 2 is 2.00 bits per heavy atom. The van der Waals surface area contributed by atoms with Crippen LogP contribution in [0.1, 0.15) is 44.9 Å². The third kappa shape index (κ3) is 4.27. The predicted molar refractivity (Wildman–Crippen MR) is 112 cm³/mol. The van der Waals surface area contributed by atoms with E-state index in [2.05, 4.69) is 22.4 Å². The standard InChI is InChI=1S/C23H29ClN2O2/c24-18-9-5-10-19(14-18)25-22(27)20-11-4-8-17-12-13-26(23(28)21(17)20)15-16-6-2-1-3-7-16/h4-5,8-10,14,16-17,20-21H,1-3,6-7,11-13,15H2,(H,25,27)/t17?,20-,21?/m0/s1. The highest BCUT2D eigenvalue weighted by molar-refractivity contribution is 6.30. The molecule has 2 fully saturated rings. The molecule has 2 unspecified atom stereocenters. The van der Waals surface area contributed by atoms with Gasteiger partial charge in [0.15, 0.2) is 0 Å². The van der Waals surface area contributed by atoms with Gasteiger partial charge in [0.25, 0.3) is 0 Å². The average Bonchev–Trinajstić information content (AvgIpc) is 2.70. The lowest BCUT2D eigenvalue weighted by Crippen LogP contribution is -2.52. The Bertz CT molecular complexity index is 757. The largest absolute Gasteiger partial charge is 0.342 e. The highest BCUT2D eigenvalue weighted by Crippen LogP contribution is 2.39. The van der Waals surface area contributed by atoms with E-state index in [-0.39, 0.29) is 29.6 Å². The summed E-state index contributed by atoms with van der Waals surface area (Å²) in [4.78, 5) is 28.4. The van der Waals surface area contributed by atoms with Crippen molar-refractivity contribution >= 4 is 29.1 Å². The van der Waals surface area contributed by atoms with Crippen LogP contribution in [0.25, 0.3) is 0 Å².